The number of ketones is 1. The third-order valence-corrected chi connectivity index (χ3v) is 2.66. The predicted molar refractivity (Wildman–Crippen MR) is 52.7 cm³/mol. The first-order valence-electron chi connectivity index (χ1n) is 4.91. The van der Waals surface area contributed by atoms with E-state index < -0.39 is 0 Å². The maximum atomic E-state index is 11.4. The lowest BCUT2D eigenvalue weighted by molar-refractivity contribution is -0.145. The molecule has 14 heavy (non-hydrogen) atoms. The van der Waals surface area contributed by atoms with Crippen LogP contribution in [0.3, 0.4) is 0 Å². The van der Waals surface area contributed by atoms with Gasteiger partial charge >= 0.3 is 5.97 Å². The Morgan fingerprint density at radius 2 is 2.36 bits per heavy atom. The number of carbonyl (C=O) groups is 2. The van der Waals surface area contributed by atoms with Gasteiger partial charge in [-0.25, -0.2) is 0 Å². The van der Waals surface area contributed by atoms with E-state index in [0.717, 1.165) is 6.42 Å². The number of esters is 1. The van der Waals surface area contributed by atoms with E-state index in [2.05, 4.69) is 0 Å². The smallest absolute Gasteiger partial charge is 0.312 e. The van der Waals surface area contributed by atoms with Gasteiger partial charge in [0.05, 0.1) is 13.0 Å². The molecule has 3 nitrogen and oxygen atoms in total. The van der Waals surface area contributed by atoms with Crippen LogP contribution in [0, 0.1) is 11.8 Å². The Labute approximate surface area is 84.1 Å². The molecular formula is C11H16O3. The quantitative estimate of drug-likeness (QED) is 0.510. The molecule has 0 aromatic heterocycles. The van der Waals surface area contributed by atoms with Crippen molar-refractivity contribution in [2.45, 2.75) is 26.2 Å². The van der Waals surface area contributed by atoms with E-state index in [0.29, 0.717) is 12.8 Å². The predicted octanol–water partition coefficient (Wildman–Crippen LogP) is 1.72. The summed E-state index contributed by atoms with van der Waals surface area (Å²) in [5.41, 5.74) is 0. The third-order valence-electron chi connectivity index (χ3n) is 2.66. The lowest BCUT2D eigenvalue weighted by Crippen LogP contribution is -2.21. The van der Waals surface area contributed by atoms with Crippen molar-refractivity contribution in [3.05, 3.63) is 12.2 Å². The van der Waals surface area contributed by atoms with Gasteiger partial charge in [0.25, 0.3) is 0 Å². The Hall–Kier alpha value is -1.12. The second-order valence-electron chi connectivity index (χ2n) is 3.62. The Balaban J connectivity index is 2.67. The zero-order chi connectivity index (χ0) is 10.6. The molecule has 0 aromatic rings. The molecule has 1 aliphatic carbocycles. The first-order valence-corrected chi connectivity index (χ1v) is 4.91. The fraction of sp³-hybridized carbons (Fsp3) is 0.636. The Bertz CT molecular complexity index is 255. The number of hydrogen-bond acceptors (Lipinski definition) is 3. The van der Waals surface area contributed by atoms with Crippen LogP contribution >= 0.6 is 0 Å². The summed E-state index contributed by atoms with van der Waals surface area (Å²) in [4.78, 5) is 22.5. The van der Waals surface area contributed by atoms with E-state index in [-0.39, 0.29) is 23.6 Å². The third kappa shape index (κ3) is 2.44. The minimum atomic E-state index is -0.239. The van der Waals surface area contributed by atoms with Crippen LogP contribution in [-0.4, -0.2) is 18.9 Å². The summed E-state index contributed by atoms with van der Waals surface area (Å²) in [6.07, 6.45) is 5.60. The molecule has 0 saturated heterocycles. The fourth-order valence-electron chi connectivity index (χ4n) is 1.92. The SMILES string of the molecule is C/C=C/[C@@H](C(=O)OC)[C@@H]1CCC(=O)C1. The zero-order valence-corrected chi connectivity index (χ0v) is 8.66. The van der Waals surface area contributed by atoms with Crippen molar-refractivity contribution in [2.24, 2.45) is 11.8 Å². The monoisotopic (exact) mass is 196 g/mol. The van der Waals surface area contributed by atoms with Crippen molar-refractivity contribution in [1.29, 1.82) is 0 Å². The van der Waals surface area contributed by atoms with Crippen molar-refractivity contribution in [2.75, 3.05) is 7.11 Å². The number of allylic oxidation sites excluding steroid dienone is 1. The van der Waals surface area contributed by atoms with Crippen LogP contribution in [-0.2, 0) is 14.3 Å². The number of hydrogen-bond donors (Lipinski definition) is 0. The van der Waals surface area contributed by atoms with Crippen molar-refractivity contribution in [1.82, 2.24) is 0 Å². The lowest BCUT2D eigenvalue weighted by atomic mass is 9.90. The highest BCUT2D eigenvalue weighted by Gasteiger charge is 2.32. The second kappa shape index (κ2) is 4.94. The summed E-state index contributed by atoms with van der Waals surface area (Å²) < 4.78 is 4.71. The van der Waals surface area contributed by atoms with Gasteiger partial charge in [-0.2, -0.15) is 0 Å². The fourth-order valence-corrected chi connectivity index (χ4v) is 1.92. The number of Topliss-reactive ketones (excluding diaryl/α,β-unsaturated/α-hetero) is 1. The van der Waals surface area contributed by atoms with Crippen LogP contribution in [0.5, 0.6) is 0 Å². The van der Waals surface area contributed by atoms with Gasteiger partial charge in [0, 0.05) is 12.8 Å². The van der Waals surface area contributed by atoms with E-state index in [1.165, 1.54) is 7.11 Å². The van der Waals surface area contributed by atoms with Crippen LogP contribution in [0.15, 0.2) is 12.2 Å². The minimum absolute atomic E-state index is 0.145. The summed E-state index contributed by atoms with van der Waals surface area (Å²) in [5.74, 6) is -0.0705. The topological polar surface area (TPSA) is 43.4 Å². The summed E-state index contributed by atoms with van der Waals surface area (Å²) in [6.45, 7) is 1.87. The minimum Gasteiger partial charge on any atom is -0.469 e. The molecule has 1 saturated carbocycles. The molecule has 1 aliphatic rings. The molecule has 0 aliphatic heterocycles. The maximum Gasteiger partial charge on any atom is 0.312 e. The summed E-state index contributed by atoms with van der Waals surface area (Å²) in [6, 6.07) is 0. The van der Waals surface area contributed by atoms with Gasteiger partial charge in [-0.1, -0.05) is 12.2 Å². The Morgan fingerprint density at radius 1 is 1.64 bits per heavy atom. The number of rotatable bonds is 3. The molecule has 78 valence electrons. The average Bonchev–Trinajstić information content (AvgIpc) is 2.60. The molecule has 0 heterocycles. The molecule has 0 radical (unpaired) electrons. The molecule has 1 rings (SSSR count). The number of ether oxygens (including phenoxy) is 1. The van der Waals surface area contributed by atoms with Crippen LogP contribution in [0.25, 0.3) is 0 Å². The summed E-state index contributed by atoms with van der Waals surface area (Å²) >= 11 is 0. The number of carbonyl (C=O) groups excluding carboxylic acids is 2. The molecule has 0 aromatic carbocycles. The Morgan fingerprint density at radius 3 is 2.79 bits per heavy atom. The molecular weight excluding hydrogens is 180 g/mol. The highest BCUT2D eigenvalue weighted by molar-refractivity contribution is 5.83. The maximum absolute atomic E-state index is 11.4. The van der Waals surface area contributed by atoms with Crippen LogP contribution in [0.2, 0.25) is 0 Å². The van der Waals surface area contributed by atoms with Crippen molar-refractivity contribution in [3.63, 3.8) is 0 Å². The first kappa shape index (κ1) is 11.0. The van der Waals surface area contributed by atoms with Crippen LogP contribution in [0.1, 0.15) is 26.2 Å². The highest BCUT2D eigenvalue weighted by atomic mass is 16.5. The molecule has 3 heteroatoms. The first-order chi connectivity index (χ1) is 6.69. The highest BCUT2D eigenvalue weighted by Crippen LogP contribution is 2.30. The van der Waals surface area contributed by atoms with E-state index in [9.17, 15) is 9.59 Å². The standard InChI is InChI=1S/C11H16O3/c1-3-4-10(11(13)14-2)8-5-6-9(12)7-8/h3-4,8,10H,5-7H2,1-2H3/b4-3+/t8-,10-/m1/s1. The van der Waals surface area contributed by atoms with Gasteiger partial charge in [0.2, 0.25) is 0 Å². The molecule has 0 spiro atoms. The number of methoxy groups -OCH3 is 1. The lowest BCUT2D eigenvalue weighted by Gasteiger charge is -2.16. The van der Waals surface area contributed by atoms with Gasteiger partial charge in [-0.15, -0.1) is 0 Å². The van der Waals surface area contributed by atoms with Gasteiger partial charge in [-0.3, -0.25) is 9.59 Å². The summed E-state index contributed by atoms with van der Waals surface area (Å²) in [5, 5.41) is 0. The average molecular weight is 196 g/mol. The van der Waals surface area contributed by atoms with Crippen LogP contribution < -0.4 is 0 Å². The molecule has 0 bridgehead atoms. The van der Waals surface area contributed by atoms with Crippen molar-refractivity contribution < 1.29 is 14.3 Å². The van der Waals surface area contributed by atoms with Gasteiger partial charge in [-0.05, 0) is 19.3 Å². The zero-order valence-electron chi connectivity index (χ0n) is 8.66. The molecule has 1 fully saturated rings. The summed E-state index contributed by atoms with van der Waals surface area (Å²) in [7, 11) is 1.38. The van der Waals surface area contributed by atoms with E-state index in [1.807, 2.05) is 19.1 Å². The van der Waals surface area contributed by atoms with E-state index in [1.54, 1.807) is 0 Å². The van der Waals surface area contributed by atoms with E-state index in [4.69, 9.17) is 4.74 Å². The molecule has 0 unspecified atom stereocenters. The molecule has 2 atom stereocenters. The molecule has 0 amide bonds. The van der Waals surface area contributed by atoms with Crippen molar-refractivity contribution in [3.8, 4) is 0 Å². The van der Waals surface area contributed by atoms with Crippen LogP contribution in [0.4, 0.5) is 0 Å². The second-order valence-corrected chi connectivity index (χ2v) is 3.62. The Kier molecular flexibility index (Phi) is 3.86. The van der Waals surface area contributed by atoms with Gasteiger partial charge in [0.15, 0.2) is 0 Å². The normalized spacial score (nSPS) is 24.1. The van der Waals surface area contributed by atoms with E-state index >= 15 is 0 Å². The van der Waals surface area contributed by atoms with Gasteiger partial charge < -0.3 is 4.74 Å². The largest absolute Gasteiger partial charge is 0.469 e. The molecule has 0 N–H and O–H groups in total. The van der Waals surface area contributed by atoms with Gasteiger partial charge in [0.1, 0.15) is 5.78 Å². The van der Waals surface area contributed by atoms with Crippen molar-refractivity contribution >= 4 is 11.8 Å².